The minimum Gasteiger partial charge on any atom is -0.294 e. The van der Waals surface area contributed by atoms with Crippen LogP contribution in [0, 0.1) is 0 Å². The summed E-state index contributed by atoms with van der Waals surface area (Å²) in [6.45, 7) is 2.98. The van der Waals surface area contributed by atoms with Crippen LogP contribution in [0.2, 0.25) is 0 Å². The van der Waals surface area contributed by atoms with Gasteiger partial charge in [0.15, 0.2) is 0 Å². The molecule has 0 bridgehead atoms. The van der Waals surface area contributed by atoms with Crippen molar-refractivity contribution in [3.05, 3.63) is 66.0 Å². The lowest BCUT2D eigenvalue weighted by atomic mass is 10.2. The van der Waals surface area contributed by atoms with E-state index < -0.39 is 0 Å². The van der Waals surface area contributed by atoms with Gasteiger partial charge in [0.2, 0.25) is 0 Å². The summed E-state index contributed by atoms with van der Waals surface area (Å²) >= 11 is 3.52. The van der Waals surface area contributed by atoms with Crippen molar-refractivity contribution in [3.63, 3.8) is 0 Å². The van der Waals surface area contributed by atoms with Crippen molar-refractivity contribution in [2.24, 2.45) is 0 Å². The standard InChI is InChI=1S/C15H17BrN2/c16-8-11-18(12-14-4-2-1-3-5-14)13-15-6-9-17-10-7-15/h1-7,9-10H,8,11-13H2. The van der Waals surface area contributed by atoms with Crippen molar-refractivity contribution < 1.29 is 0 Å². The fourth-order valence-electron chi connectivity index (χ4n) is 1.92. The summed E-state index contributed by atoms with van der Waals surface area (Å²) in [6, 6.07) is 14.7. The number of hydrogen-bond acceptors (Lipinski definition) is 2. The van der Waals surface area contributed by atoms with E-state index in [9.17, 15) is 0 Å². The van der Waals surface area contributed by atoms with Crippen LogP contribution in [-0.4, -0.2) is 21.8 Å². The maximum Gasteiger partial charge on any atom is 0.0271 e. The van der Waals surface area contributed by atoms with Crippen molar-refractivity contribution in [1.82, 2.24) is 9.88 Å². The number of benzene rings is 1. The minimum absolute atomic E-state index is 0.961. The van der Waals surface area contributed by atoms with Gasteiger partial charge in [-0.2, -0.15) is 0 Å². The van der Waals surface area contributed by atoms with E-state index in [4.69, 9.17) is 0 Å². The van der Waals surface area contributed by atoms with Crippen LogP contribution < -0.4 is 0 Å². The molecule has 0 saturated carbocycles. The molecular weight excluding hydrogens is 288 g/mol. The molecule has 0 aliphatic heterocycles. The fraction of sp³-hybridized carbons (Fsp3) is 0.267. The number of rotatable bonds is 6. The molecule has 0 aliphatic carbocycles. The van der Waals surface area contributed by atoms with E-state index in [1.807, 2.05) is 12.4 Å². The number of nitrogens with zero attached hydrogens (tertiary/aromatic N) is 2. The molecule has 3 heteroatoms. The van der Waals surface area contributed by atoms with Gasteiger partial charge in [-0.15, -0.1) is 0 Å². The summed E-state index contributed by atoms with van der Waals surface area (Å²) in [6.07, 6.45) is 3.70. The highest BCUT2D eigenvalue weighted by Gasteiger charge is 2.06. The Kier molecular flexibility index (Phi) is 5.36. The van der Waals surface area contributed by atoms with Gasteiger partial charge in [0.1, 0.15) is 0 Å². The second-order valence-electron chi connectivity index (χ2n) is 4.24. The summed E-state index contributed by atoms with van der Waals surface area (Å²) in [5.41, 5.74) is 2.66. The summed E-state index contributed by atoms with van der Waals surface area (Å²) < 4.78 is 0. The predicted octanol–water partition coefficient (Wildman–Crippen LogP) is 3.48. The lowest BCUT2D eigenvalue weighted by molar-refractivity contribution is 0.274. The quantitative estimate of drug-likeness (QED) is 0.760. The van der Waals surface area contributed by atoms with Crippen LogP contribution in [0.25, 0.3) is 0 Å². The normalized spacial score (nSPS) is 10.8. The lowest BCUT2D eigenvalue weighted by Crippen LogP contribution is -2.24. The average Bonchev–Trinajstić information content (AvgIpc) is 2.41. The zero-order valence-corrected chi connectivity index (χ0v) is 11.9. The van der Waals surface area contributed by atoms with Crippen molar-refractivity contribution in [2.75, 3.05) is 11.9 Å². The Morgan fingerprint density at radius 3 is 2.11 bits per heavy atom. The lowest BCUT2D eigenvalue weighted by Gasteiger charge is -2.21. The third kappa shape index (κ3) is 4.24. The Morgan fingerprint density at radius 1 is 0.889 bits per heavy atom. The van der Waals surface area contributed by atoms with Crippen LogP contribution in [0.3, 0.4) is 0 Å². The number of aromatic nitrogens is 1. The highest BCUT2D eigenvalue weighted by atomic mass is 79.9. The molecule has 1 aromatic carbocycles. The van der Waals surface area contributed by atoms with E-state index >= 15 is 0 Å². The number of alkyl halides is 1. The molecule has 0 saturated heterocycles. The molecule has 0 atom stereocenters. The largest absolute Gasteiger partial charge is 0.294 e. The molecule has 18 heavy (non-hydrogen) atoms. The Morgan fingerprint density at radius 2 is 1.50 bits per heavy atom. The van der Waals surface area contributed by atoms with Crippen LogP contribution in [-0.2, 0) is 13.1 Å². The number of pyridine rings is 1. The van der Waals surface area contributed by atoms with Crippen LogP contribution >= 0.6 is 15.9 Å². The molecule has 2 aromatic rings. The molecule has 94 valence electrons. The fourth-order valence-corrected chi connectivity index (χ4v) is 2.42. The molecule has 1 heterocycles. The first-order valence-electron chi connectivity index (χ1n) is 6.09. The van der Waals surface area contributed by atoms with Crippen molar-refractivity contribution in [1.29, 1.82) is 0 Å². The molecule has 0 fully saturated rings. The van der Waals surface area contributed by atoms with Crippen molar-refractivity contribution in [3.8, 4) is 0 Å². The van der Waals surface area contributed by atoms with Gasteiger partial charge in [0, 0.05) is 37.4 Å². The molecule has 0 radical (unpaired) electrons. The second-order valence-corrected chi connectivity index (χ2v) is 5.03. The number of hydrogen-bond donors (Lipinski definition) is 0. The molecular formula is C15H17BrN2. The summed E-state index contributed by atoms with van der Waals surface area (Å²) in [5.74, 6) is 0. The predicted molar refractivity (Wildman–Crippen MR) is 78.6 cm³/mol. The molecule has 0 aliphatic rings. The zero-order valence-electron chi connectivity index (χ0n) is 10.3. The van der Waals surface area contributed by atoms with E-state index in [0.29, 0.717) is 0 Å². The minimum atomic E-state index is 0.961. The summed E-state index contributed by atoms with van der Waals surface area (Å²) in [4.78, 5) is 6.48. The van der Waals surface area contributed by atoms with Gasteiger partial charge in [-0.25, -0.2) is 0 Å². The monoisotopic (exact) mass is 304 g/mol. The SMILES string of the molecule is BrCCN(Cc1ccccc1)Cc1ccncc1. The van der Waals surface area contributed by atoms with Gasteiger partial charge in [-0.1, -0.05) is 46.3 Å². The Labute approximate surface area is 117 Å². The first-order valence-corrected chi connectivity index (χ1v) is 7.22. The van der Waals surface area contributed by atoms with Crippen molar-refractivity contribution >= 4 is 15.9 Å². The molecule has 2 rings (SSSR count). The average molecular weight is 305 g/mol. The smallest absolute Gasteiger partial charge is 0.0271 e. The maximum absolute atomic E-state index is 4.05. The molecule has 0 unspecified atom stereocenters. The van der Waals surface area contributed by atoms with Crippen LogP contribution in [0.5, 0.6) is 0 Å². The van der Waals surface area contributed by atoms with E-state index in [1.54, 1.807) is 0 Å². The Bertz CT molecular complexity index is 403. The van der Waals surface area contributed by atoms with E-state index in [2.05, 4.69) is 68.3 Å². The third-order valence-electron chi connectivity index (χ3n) is 2.81. The van der Waals surface area contributed by atoms with Crippen LogP contribution in [0.15, 0.2) is 54.9 Å². The first-order chi connectivity index (χ1) is 8.88. The van der Waals surface area contributed by atoms with Gasteiger partial charge in [0.25, 0.3) is 0 Å². The van der Waals surface area contributed by atoms with Crippen LogP contribution in [0.4, 0.5) is 0 Å². The van der Waals surface area contributed by atoms with Crippen molar-refractivity contribution in [2.45, 2.75) is 13.1 Å². The number of halogens is 1. The van der Waals surface area contributed by atoms with Gasteiger partial charge in [0.05, 0.1) is 0 Å². The maximum atomic E-state index is 4.05. The van der Waals surface area contributed by atoms with E-state index in [-0.39, 0.29) is 0 Å². The van der Waals surface area contributed by atoms with Gasteiger partial charge in [-0.05, 0) is 23.3 Å². The molecule has 0 N–H and O–H groups in total. The first kappa shape index (κ1) is 13.2. The van der Waals surface area contributed by atoms with Gasteiger partial charge < -0.3 is 0 Å². The third-order valence-corrected chi connectivity index (χ3v) is 3.16. The Balaban J connectivity index is 2.00. The molecule has 2 nitrogen and oxygen atoms in total. The molecule has 0 spiro atoms. The van der Waals surface area contributed by atoms with Crippen LogP contribution in [0.1, 0.15) is 11.1 Å². The van der Waals surface area contributed by atoms with Gasteiger partial charge >= 0.3 is 0 Å². The van der Waals surface area contributed by atoms with E-state index in [1.165, 1.54) is 11.1 Å². The summed E-state index contributed by atoms with van der Waals surface area (Å²) in [7, 11) is 0. The molecule has 1 aromatic heterocycles. The summed E-state index contributed by atoms with van der Waals surface area (Å²) in [5, 5.41) is 0.991. The second kappa shape index (κ2) is 7.29. The molecule has 0 amide bonds. The van der Waals surface area contributed by atoms with E-state index in [0.717, 1.165) is 25.0 Å². The van der Waals surface area contributed by atoms with Gasteiger partial charge in [-0.3, -0.25) is 9.88 Å². The zero-order chi connectivity index (χ0) is 12.6. The Hall–Kier alpha value is -1.19. The highest BCUT2D eigenvalue weighted by Crippen LogP contribution is 2.09. The topological polar surface area (TPSA) is 16.1 Å². The highest BCUT2D eigenvalue weighted by molar-refractivity contribution is 9.09.